The third kappa shape index (κ3) is 5.28. The van der Waals surface area contributed by atoms with Crippen molar-refractivity contribution in [2.75, 3.05) is 46.4 Å². The number of aromatic amines is 1. The highest BCUT2D eigenvalue weighted by molar-refractivity contribution is 5.79. The molecule has 32 heavy (non-hydrogen) atoms. The molecule has 1 aromatic carbocycles. The van der Waals surface area contributed by atoms with Gasteiger partial charge in [0.1, 0.15) is 5.75 Å². The summed E-state index contributed by atoms with van der Waals surface area (Å²) >= 11 is 0. The van der Waals surface area contributed by atoms with E-state index in [0.29, 0.717) is 39.1 Å². The number of nitrogens with one attached hydrogen (secondary N) is 1. The fourth-order valence-corrected chi connectivity index (χ4v) is 4.48. The quantitative estimate of drug-likeness (QED) is 0.636. The van der Waals surface area contributed by atoms with Crippen molar-refractivity contribution < 1.29 is 19.4 Å². The number of aliphatic hydroxyl groups excluding tert-OH is 1. The maximum absolute atomic E-state index is 12.9. The molecule has 1 aromatic heterocycles. The molecule has 1 atom stereocenters. The van der Waals surface area contributed by atoms with Crippen LogP contribution in [0.5, 0.6) is 5.75 Å². The van der Waals surface area contributed by atoms with Crippen LogP contribution in [0.15, 0.2) is 30.5 Å². The van der Waals surface area contributed by atoms with E-state index in [1.807, 2.05) is 34.1 Å². The van der Waals surface area contributed by atoms with E-state index in [4.69, 9.17) is 4.74 Å². The van der Waals surface area contributed by atoms with Gasteiger partial charge in [0, 0.05) is 56.8 Å². The van der Waals surface area contributed by atoms with Gasteiger partial charge in [-0.2, -0.15) is 5.10 Å². The van der Waals surface area contributed by atoms with E-state index in [0.717, 1.165) is 42.0 Å². The molecule has 2 aliphatic heterocycles. The number of H-pyrrole nitrogens is 1. The first kappa shape index (κ1) is 22.3. The number of nitrogens with zero attached hydrogens (tertiary/aromatic N) is 4. The zero-order chi connectivity index (χ0) is 22.5. The van der Waals surface area contributed by atoms with Gasteiger partial charge in [-0.25, -0.2) is 0 Å². The largest absolute Gasteiger partial charge is 0.497 e. The van der Waals surface area contributed by atoms with E-state index < -0.39 is 6.10 Å². The second kappa shape index (κ2) is 10.1. The Morgan fingerprint density at radius 1 is 1.12 bits per heavy atom. The number of hydrogen-bond donors (Lipinski definition) is 2. The van der Waals surface area contributed by atoms with Crippen LogP contribution in [0.4, 0.5) is 0 Å². The van der Waals surface area contributed by atoms with Gasteiger partial charge in [0.2, 0.25) is 11.8 Å². The van der Waals surface area contributed by atoms with Gasteiger partial charge < -0.3 is 19.6 Å². The predicted molar refractivity (Wildman–Crippen MR) is 119 cm³/mol. The molecular formula is C23H31N5O4. The minimum Gasteiger partial charge on any atom is -0.497 e. The summed E-state index contributed by atoms with van der Waals surface area (Å²) in [5.74, 6) is 0.986. The van der Waals surface area contributed by atoms with E-state index in [1.54, 1.807) is 18.2 Å². The standard InChI is InChI=1S/C23H31N5O4/c1-32-20-7-5-17(6-8-20)23-18(12-24-25-23)13-26-14-19(29)15-28(22(31)16-26)11-3-10-27-9-2-4-21(27)30/h5-8,12,19,29H,2-4,9-11,13-16H2,1H3,(H,24,25). The molecule has 0 radical (unpaired) electrons. The van der Waals surface area contributed by atoms with Gasteiger partial charge in [-0.3, -0.25) is 19.6 Å². The molecule has 0 spiro atoms. The lowest BCUT2D eigenvalue weighted by atomic mass is 10.1. The highest BCUT2D eigenvalue weighted by Gasteiger charge is 2.28. The number of benzene rings is 1. The Labute approximate surface area is 187 Å². The average Bonchev–Trinajstić information content (AvgIpc) is 3.38. The lowest BCUT2D eigenvalue weighted by Crippen LogP contribution is -2.39. The summed E-state index contributed by atoms with van der Waals surface area (Å²) in [7, 11) is 1.63. The molecular weight excluding hydrogens is 410 g/mol. The third-order valence-corrected chi connectivity index (χ3v) is 6.13. The van der Waals surface area contributed by atoms with Crippen LogP contribution in [0, 0.1) is 0 Å². The van der Waals surface area contributed by atoms with Crippen LogP contribution < -0.4 is 4.74 Å². The van der Waals surface area contributed by atoms with Crippen LogP contribution in [-0.2, 0) is 16.1 Å². The van der Waals surface area contributed by atoms with Crippen LogP contribution in [0.2, 0.25) is 0 Å². The number of aliphatic hydroxyl groups is 1. The molecule has 0 bridgehead atoms. The van der Waals surface area contributed by atoms with Crippen LogP contribution in [0.25, 0.3) is 11.3 Å². The SMILES string of the molecule is COc1ccc(-c2[nH]ncc2CN2CC(=O)N(CCCN3CCCC3=O)CC(O)C2)cc1. The Bertz CT molecular complexity index is 929. The Balaban J connectivity index is 1.36. The molecule has 2 saturated heterocycles. The number of aromatic nitrogens is 2. The first-order valence-electron chi connectivity index (χ1n) is 11.2. The average molecular weight is 442 g/mol. The van der Waals surface area contributed by atoms with E-state index in [2.05, 4.69) is 10.2 Å². The summed E-state index contributed by atoms with van der Waals surface area (Å²) in [4.78, 5) is 30.2. The zero-order valence-electron chi connectivity index (χ0n) is 18.5. The van der Waals surface area contributed by atoms with Gasteiger partial charge >= 0.3 is 0 Å². The van der Waals surface area contributed by atoms with Crippen LogP contribution >= 0.6 is 0 Å². The number of carbonyl (C=O) groups excluding carboxylic acids is 2. The highest BCUT2D eigenvalue weighted by Crippen LogP contribution is 2.25. The minimum absolute atomic E-state index is 0.00351. The molecule has 1 unspecified atom stereocenters. The normalized spacial score (nSPS) is 20.1. The summed E-state index contributed by atoms with van der Waals surface area (Å²) in [6, 6.07) is 7.72. The number of likely N-dealkylation sites (tertiary alicyclic amines) is 1. The molecule has 2 fully saturated rings. The van der Waals surface area contributed by atoms with Gasteiger partial charge in [-0.15, -0.1) is 0 Å². The fraction of sp³-hybridized carbons (Fsp3) is 0.522. The molecule has 4 rings (SSSR count). The second-order valence-corrected chi connectivity index (χ2v) is 8.50. The molecule has 9 heteroatoms. The summed E-state index contributed by atoms with van der Waals surface area (Å²) in [5, 5.41) is 17.8. The Kier molecular flexibility index (Phi) is 7.06. The summed E-state index contributed by atoms with van der Waals surface area (Å²) < 4.78 is 5.22. The van der Waals surface area contributed by atoms with E-state index in [-0.39, 0.29) is 18.4 Å². The van der Waals surface area contributed by atoms with Crippen molar-refractivity contribution in [1.29, 1.82) is 0 Å². The Hall–Kier alpha value is -2.91. The maximum atomic E-state index is 12.9. The summed E-state index contributed by atoms with van der Waals surface area (Å²) in [5.41, 5.74) is 2.85. The number of methoxy groups -OCH3 is 1. The molecule has 0 aliphatic carbocycles. The number of hydrogen-bond acceptors (Lipinski definition) is 6. The number of rotatable bonds is 8. The molecule has 2 N–H and O–H groups in total. The molecule has 2 aliphatic rings. The van der Waals surface area contributed by atoms with Gasteiger partial charge in [0.05, 0.1) is 31.6 Å². The Morgan fingerprint density at radius 2 is 1.91 bits per heavy atom. The third-order valence-electron chi connectivity index (χ3n) is 6.13. The van der Waals surface area contributed by atoms with Crippen LogP contribution in [0.3, 0.4) is 0 Å². The van der Waals surface area contributed by atoms with Crippen molar-refractivity contribution >= 4 is 11.8 Å². The van der Waals surface area contributed by atoms with Crippen LogP contribution in [0.1, 0.15) is 24.8 Å². The highest BCUT2D eigenvalue weighted by atomic mass is 16.5. The molecule has 0 saturated carbocycles. The zero-order valence-corrected chi connectivity index (χ0v) is 18.5. The van der Waals surface area contributed by atoms with Crippen molar-refractivity contribution in [3.05, 3.63) is 36.0 Å². The van der Waals surface area contributed by atoms with Crippen LogP contribution in [-0.4, -0.2) is 94.3 Å². The van der Waals surface area contributed by atoms with Gasteiger partial charge in [-0.1, -0.05) is 0 Å². The lowest BCUT2D eigenvalue weighted by molar-refractivity contribution is -0.131. The van der Waals surface area contributed by atoms with Gasteiger partial charge in [0.25, 0.3) is 0 Å². The van der Waals surface area contributed by atoms with Gasteiger partial charge in [-0.05, 0) is 37.1 Å². The molecule has 172 valence electrons. The summed E-state index contributed by atoms with van der Waals surface area (Å²) in [6.45, 7) is 3.52. The first-order valence-corrected chi connectivity index (χ1v) is 11.2. The number of β-amino-alcohol motifs (C(OH)–C–C–N with tert-alkyl or cyclic N) is 1. The van der Waals surface area contributed by atoms with Crippen molar-refractivity contribution in [2.45, 2.75) is 31.9 Å². The number of amides is 2. The smallest absolute Gasteiger partial charge is 0.236 e. The van der Waals surface area contributed by atoms with Gasteiger partial charge in [0.15, 0.2) is 0 Å². The molecule has 2 aromatic rings. The van der Waals surface area contributed by atoms with Crippen molar-refractivity contribution in [1.82, 2.24) is 24.9 Å². The number of carbonyl (C=O) groups is 2. The summed E-state index contributed by atoms with van der Waals surface area (Å²) in [6.07, 6.45) is 3.43. The van der Waals surface area contributed by atoms with Crippen molar-refractivity contribution in [3.63, 3.8) is 0 Å². The lowest BCUT2D eigenvalue weighted by Gasteiger charge is -2.23. The monoisotopic (exact) mass is 441 g/mol. The first-order chi connectivity index (χ1) is 15.5. The minimum atomic E-state index is -0.619. The second-order valence-electron chi connectivity index (χ2n) is 8.50. The topological polar surface area (TPSA) is 102 Å². The van der Waals surface area contributed by atoms with Crippen molar-refractivity contribution in [3.8, 4) is 17.0 Å². The maximum Gasteiger partial charge on any atom is 0.236 e. The Morgan fingerprint density at radius 3 is 2.62 bits per heavy atom. The van der Waals surface area contributed by atoms with Crippen molar-refractivity contribution in [2.24, 2.45) is 0 Å². The molecule has 2 amide bonds. The number of ether oxygens (including phenoxy) is 1. The molecule has 3 heterocycles. The predicted octanol–water partition coefficient (Wildman–Crippen LogP) is 1.10. The fourth-order valence-electron chi connectivity index (χ4n) is 4.48. The van der Waals surface area contributed by atoms with E-state index in [1.165, 1.54) is 0 Å². The van der Waals surface area contributed by atoms with E-state index in [9.17, 15) is 14.7 Å². The van der Waals surface area contributed by atoms with E-state index >= 15 is 0 Å². The molecule has 9 nitrogen and oxygen atoms in total.